The van der Waals surface area contributed by atoms with Crippen molar-refractivity contribution in [3.63, 3.8) is 0 Å². The number of hydrogen-bond donors (Lipinski definition) is 1. The minimum atomic E-state index is -0.358. The van der Waals surface area contributed by atoms with Crippen LogP contribution < -0.4 is 5.32 Å². The molecule has 0 aliphatic carbocycles. The molecule has 7 nitrogen and oxygen atoms in total. The Bertz CT molecular complexity index is 1060. The summed E-state index contributed by atoms with van der Waals surface area (Å²) >= 11 is 1.31. The second-order valence-corrected chi connectivity index (χ2v) is 6.33. The van der Waals surface area contributed by atoms with Crippen LogP contribution in [0.4, 0.5) is 4.39 Å². The number of carbonyl (C=O) groups excluding carboxylic acids is 1. The summed E-state index contributed by atoms with van der Waals surface area (Å²) in [6.45, 7) is 0.0837. The lowest BCUT2D eigenvalue weighted by Gasteiger charge is -1.99. The number of aromatic nitrogens is 4. The Balaban J connectivity index is 1.40. The zero-order chi connectivity index (χ0) is 18.6. The summed E-state index contributed by atoms with van der Waals surface area (Å²) in [4.78, 5) is 24.7. The van der Waals surface area contributed by atoms with Gasteiger partial charge in [0.15, 0.2) is 0 Å². The second-order valence-electron chi connectivity index (χ2n) is 5.48. The van der Waals surface area contributed by atoms with E-state index in [2.05, 4.69) is 25.4 Å². The van der Waals surface area contributed by atoms with E-state index < -0.39 is 0 Å². The molecule has 0 atom stereocenters. The van der Waals surface area contributed by atoms with Crippen molar-refractivity contribution in [2.45, 2.75) is 6.54 Å². The number of pyridine rings is 1. The van der Waals surface area contributed by atoms with Crippen molar-refractivity contribution in [3.05, 3.63) is 71.6 Å². The van der Waals surface area contributed by atoms with Crippen molar-refractivity contribution >= 4 is 17.2 Å². The fraction of sp³-hybridized carbons (Fsp3) is 0.0556. The standard InChI is InChI=1S/C18H12FN5O2S/c19-13-3-1-12(2-4-13)18-22-14(10-27-18)17(25)21-9-15-23-16(24-26-15)11-5-7-20-8-6-11/h1-8,10H,9H2,(H,21,25). The van der Waals surface area contributed by atoms with Crippen molar-refractivity contribution in [2.24, 2.45) is 0 Å². The summed E-state index contributed by atoms with van der Waals surface area (Å²) in [5, 5.41) is 8.85. The SMILES string of the molecule is O=C(NCc1nc(-c2ccncc2)no1)c1csc(-c2ccc(F)cc2)n1. The molecule has 0 aliphatic rings. The van der Waals surface area contributed by atoms with Gasteiger partial charge in [-0.2, -0.15) is 4.98 Å². The zero-order valence-corrected chi connectivity index (χ0v) is 14.6. The first kappa shape index (κ1) is 17.0. The number of carbonyl (C=O) groups is 1. The van der Waals surface area contributed by atoms with Gasteiger partial charge in [-0.3, -0.25) is 9.78 Å². The van der Waals surface area contributed by atoms with Crippen LogP contribution in [0, 0.1) is 5.82 Å². The number of nitrogens with one attached hydrogen (secondary N) is 1. The number of rotatable bonds is 5. The quantitative estimate of drug-likeness (QED) is 0.570. The molecule has 1 N–H and O–H groups in total. The zero-order valence-electron chi connectivity index (χ0n) is 13.8. The highest BCUT2D eigenvalue weighted by Gasteiger charge is 2.14. The van der Waals surface area contributed by atoms with Crippen LogP contribution in [0.25, 0.3) is 22.0 Å². The van der Waals surface area contributed by atoms with Crippen LogP contribution in [0.3, 0.4) is 0 Å². The average molecular weight is 381 g/mol. The minimum Gasteiger partial charge on any atom is -0.342 e. The fourth-order valence-corrected chi connectivity index (χ4v) is 3.10. The van der Waals surface area contributed by atoms with Gasteiger partial charge in [-0.15, -0.1) is 11.3 Å². The van der Waals surface area contributed by atoms with Crippen molar-refractivity contribution in [2.75, 3.05) is 0 Å². The summed E-state index contributed by atoms with van der Waals surface area (Å²) < 4.78 is 18.1. The van der Waals surface area contributed by atoms with E-state index in [0.717, 1.165) is 11.1 Å². The van der Waals surface area contributed by atoms with Crippen LogP contribution in [0.2, 0.25) is 0 Å². The lowest BCUT2D eigenvalue weighted by atomic mass is 10.2. The molecule has 3 heterocycles. The molecule has 4 rings (SSSR count). The number of thiazole rings is 1. The Morgan fingerprint density at radius 1 is 1.07 bits per heavy atom. The fourth-order valence-electron chi connectivity index (χ4n) is 2.29. The van der Waals surface area contributed by atoms with Gasteiger partial charge in [0.25, 0.3) is 5.91 Å². The van der Waals surface area contributed by atoms with E-state index in [1.807, 2.05) is 0 Å². The second kappa shape index (κ2) is 7.42. The van der Waals surface area contributed by atoms with Crippen LogP contribution in [-0.4, -0.2) is 26.0 Å². The molecule has 1 aromatic carbocycles. The highest BCUT2D eigenvalue weighted by molar-refractivity contribution is 7.13. The molecule has 3 aromatic heterocycles. The summed E-state index contributed by atoms with van der Waals surface area (Å²) in [7, 11) is 0. The van der Waals surface area contributed by atoms with Crippen LogP contribution in [0.5, 0.6) is 0 Å². The summed E-state index contributed by atoms with van der Waals surface area (Å²) in [5.74, 6) is 0.0280. The number of halogens is 1. The molecule has 0 aliphatic heterocycles. The van der Waals surface area contributed by atoms with Gasteiger partial charge in [0.2, 0.25) is 11.7 Å². The van der Waals surface area contributed by atoms with Crippen molar-refractivity contribution in [3.8, 4) is 22.0 Å². The van der Waals surface area contributed by atoms with Crippen LogP contribution in [-0.2, 0) is 6.54 Å². The molecule has 1 amide bonds. The Morgan fingerprint density at radius 3 is 2.63 bits per heavy atom. The maximum atomic E-state index is 13.0. The number of hydrogen-bond acceptors (Lipinski definition) is 7. The molecule has 4 aromatic rings. The molecular weight excluding hydrogens is 369 g/mol. The van der Waals surface area contributed by atoms with Crippen LogP contribution in [0.15, 0.2) is 58.7 Å². The van der Waals surface area contributed by atoms with E-state index in [0.29, 0.717) is 10.8 Å². The topological polar surface area (TPSA) is 93.8 Å². The van der Waals surface area contributed by atoms with Gasteiger partial charge in [0, 0.05) is 28.9 Å². The van der Waals surface area contributed by atoms with Gasteiger partial charge < -0.3 is 9.84 Å². The number of benzene rings is 1. The lowest BCUT2D eigenvalue weighted by molar-refractivity contribution is 0.0942. The molecule has 9 heteroatoms. The highest BCUT2D eigenvalue weighted by atomic mass is 32.1. The molecule has 0 spiro atoms. The number of nitrogens with zero attached hydrogens (tertiary/aromatic N) is 4. The molecule has 0 fully saturated rings. The van der Waals surface area contributed by atoms with Crippen molar-refractivity contribution in [1.82, 2.24) is 25.4 Å². The van der Waals surface area contributed by atoms with Crippen LogP contribution >= 0.6 is 11.3 Å². The number of amides is 1. The van der Waals surface area contributed by atoms with E-state index in [-0.39, 0.29) is 29.9 Å². The smallest absolute Gasteiger partial charge is 0.271 e. The Kier molecular flexibility index (Phi) is 4.67. The molecular formula is C18H12FN5O2S. The predicted octanol–water partition coefficient (Wildman–Crippen LogP) is 3.32. The third kappa shape index (κ3) is 3.87. The molecule has 0 radical (unpaired) electrons. The first-order valence-electron chi connectivity index (χ1n) is 7.92. The van der Waals surface area contributed by atoms with Gasteiger partial charge in [-0.25, -0.2) is 9.37 Å². The average Bonchev–Trinajstić information content (AvgIpc) is 3.37. The minimum absolute atomic E-state index is 0.0837. The third-order valence-electron chi connectivity index (χ3n) is 3.63. The van der Waals surface area contributed by atoms with Gasteiger partial charge in [0.05, 0.1) is 6.54 Å². The molecule has 0 saturated carbocycles. The van der Waals surface area contributed by atoms with Crippen molar-refractivity contribution in [1.29, 1.82) is 0 Å². The van der Waals surface area contributed by atoms with Gasteiger partial charge in [-0.05, 0) is 36.4 Å². The van der Waals surface area contributed by atoms with E-state index in [4.69, 9.17) is 4.52 Å². The van der Waals surface area contributed by atoms with E-state index in [1.54, 1.807) is 42.0 Å². The van der Waals surface area contributed by atoms with Gasteiger partial charge >= 0.3 is 0 Å². The first-order valence-corrected chi connectivity index (χ1v) is 8.79. The van der Waals surface area contributed by atoms with Gasteiger partial charge in [-0.1, -0.05) is 5.16 Å². The molecule has 134 valence electrons. The highest BCUT2D eigenvalue weighted by Crippen LogP contribution is 2.24. The predicted molar refractivity (Wildman–Crippen MR) is 96.2 cm³/mol. The van der Waals surface area contributed by atoms with Crippen molar-refractivity contribution < 1.29 is 13.7 Å². The van der Waals surface area contributed by atoms with Gasteiger partial charge in [0.1, 0.15) is 16.5 Å². The third-order valence-corrected chi connectivity index (χ3v) is 4.53. The van der Waals surface area contributed by atoms with E-state index in [1.165, 1.54) is 23.5 Å². The summed E-state index contributed by atoms with van der Waals surface area (Å²) in [6.07, 6.45) is 3.27. The summed E-state index contributed by atoms with van der Waals surface area (Å²) in [6, 6.07) is 9.47. The van der Waals surface area contributed by atoms with E-state index in [9.17, 15) is 9.18 Å². The van der Waals surface area contributed by atoms with E-state index >= 15 is 0 Å². The molecule has 0 bridgehead atoms. The normalized spacial score (nSPS) is 10.7. The Morgan fingerprint density at radius 2 is 1.85 bits per heavy atom. The first-order chi connectivity index (χ1) is 13.2. The largest absolute Gasteiger partial charge is 0.342 e. The lowest BCUT2D eigenvalue weighted by Crippen LogP contribution is -2.23. The molecule has 0 saturated heterocycles. The maximum Gasteiger partial charge on any atom is 0.271 e. The Hall–Kier alpha value is -3.46. The van der Waals surface area contributed by atoms with Crippen LogP contribution in [0.1, 0.15) is 16.4 Å². The molecule has 27 heavy (non-hydrogen) atoms. The summed E-state index contributed by atoms with van der Waals surface area (Å²) in [5.41, 5.74) is 1.79. The molecule has 0 unspecified atom stereocenters. The maximum absolute atomic E-state index is 13.0. The Labute approximate surface area is 156 Å². The monoisotopic (exact) mass is 381 g/mol.